The first-order chi connectivity index (χ1) is 16.2. The lowest BCUT2D eigenvalue weighted by Crippen LogP contribution is -2.49. The molecule has 5 heteroatoms. The second-order valence-corrected chi connectivity index (χ2v) is 11.5. The number of aromatic nitrogens is 3. The van der Waals surface area contributed by atoms with Gasteiger partial charge in [0.15, 0.2) is 5.82 Å². The van der Waals surface area contributed by atoms with E-state index in [9.17, 15) is 0 Å². The second kappa shape index (κ2) is 7.63. The molecule has 8 rings (SSSR count). The summed E-state index contributed by atoms with van der Waals surface area (Å²) in [5, 5.41) is 7.28. The molecule has 1 N–H and O–H groups in total. The monoisotopic (exact) mass is 452 g/mol. The number of nitrogens with zero attached hydrogens (tertiary/aromatic N) is 3. The summed E-state index contributed by atoms with van der Waals surface area (Å²) in [7, 11) is 0. The molecule has 4 fully saturated rings. The van der Waals surface area contributed by atoms with Crippen LogP contribution in [0.2, 0.25) is 0 Å². The first kappa shape index (κ1) is 19.7. The van der Waals surface area contributed by atoms with E-state index >= 15 is 0 Å². The Morgan fingerprint density at radius 1 is 0.879 bits per heavy atom. The summed E-state index contributed by atoms with van der Waals surface area (Å²) in [6.45, 7) is 1.03. The predicted octanol–water partition coefficient (Wildman–Crippen LogP) is 7.05. The van der Waals surface area contributed by atoms with Crippen LogP contribution in [-0.4, -0.2) is 21.5 Å². The van der Waals surface area contributed by atoms with Crippen LogP contribution in [0.1, 0.15) is 38.5 Å². The molecule has 166 valence electrons. The normalized spacial score (nSPS) is 27.8. The van der Waals surface area contributed by atoms with Gasteiger partial charge in [0.25, 0.3) is 0 Å². The zero-order valence-electron chi connectivity index (χ0n) is 18.7. The van der Waals surface area contributed by atoms with Crippen molar-refractivity contribution >= 4 is 27.4 Å². The minimum atomic E-state index is 0.448. The topological polar surface area (TPSA) is 50.7 Å². The van der Waals surface area contributed by atoms with Crippen LogP contribution in [0.5, 0.6) is 0 Å². The molecule has 4 aliphatic rings. The standard InChI is InChI=1S/C28H28N4S/c1-2-5-21(6-3-1)23-16-33-27-24(23)26(31-25(32-27)22-7-4-8-29-15-22)30-17-28-12-18-9-19(13-28)11-20(10-18)14-28/h1-8,15-16,18-20H,9-14,17H2,(H,30,31,32). The van der Waals surface area contributed by atoms with Gasteiger partial charge in [-0.3, -0.25) is 4.98 Å². The molecule has 4 bridgehead atoms. The molecule has 0 aliphatic heterocycles. The molecule has 0 saturated heterocycles. The van der Waals surface area contributed by atoms with Crippen LogP contribution in [0.25, 0.3) is 32.7 Å². The van der Waals surface area contributed by atoms with E-state index in [1.807, 2.05) is 18.3 Å². The van der Waals surface area contributed by atoms with Gasteiger partial charge in [-0.2, -0.15) is 0 Å². The van der Waals surface area contributed by atoms with E-state index in [-0.39, 0.29) is 0 Å². The predicted molar refractivity (Wildman–Crippen MR) is 135 cm³/mol. The molecule has 0 radical (unpaired) electrons. The summed E-state index contributed by atoms with van der Waals surface area (Å²) in [4.78, 5) is 15.4. The summed E-state index contributed by atoms with van der Waals surface area (Å²) in [5.74, 6) is 4.60. The van der Waals surface area contributed by atoms with Crippen molar-refractivity contribution in [1.82, 2.24) is 15.0 Å². The highest BCUT2D eigenvalue weighted by molar-refractivity contribution is 7.17. The van der Waals surface area contributed by atoms with Gasteiger partial charge < -0.3 is 5.32 Å². The zero-order chi connectivity index (χ0) is 21.8. The number of hydrogen-bond donors (Lipinski definition) is 1. The van der Waals surface area contributed by atoms with Crippen LogP contribution in [0.3, 0.4) is 0 Å². The fraction of sp³-hybridized carbons (Fsp3) is 0.393. The van der Waals surface area contributed by atoms with Gasteiger partial charge in [-0.1, -0.05) is 30.3 Å². The maximum atomic E-state index is 5.09. The molecule has 4 nitrogen and oxygen atoms in total. The van der Waals surface area contributed by atoms with E-state index in [0.717, 1.165) is 51.7 Å². The van der Waals surface area contributed by atoms with Crippen molar-refractivity contribution in [2.45, 2.75) is 38.5 Å². The van der Waals surface area contributed by atoms with E-state index in [1.54, 1.807) is 17.5 Å². The highest BCUT2D eigenvalue weighted by Gasteiger charge is 2.50. The third-order valence-corrected chi connectivity index (χ3v) is 9.11. The largest absolute Gasteiger partial charge is 0.369 e. The molecule has 3 heterocycles. The number of rotatable bonds is 5. The van der Waals surface area contributed by atoms with Crippen LogP contribution in [0.4, 0.5) is 5.82 Å². The quantitative estimate of drug-likeness (QED) is 0.352. The van der Waals surface area contributed by atoms with Crippen LogP contribution < -0.4 is 5.32 Å². The average molecular weight is 453 g/mol. The van der Waals surface area contributed by atoms with Crippen molar-refractivity contribution < 1.29 is 0 Å². The number of nitrogens with one attached hydrogen (secondary N) is 1. The van der Waals surface area contributed by atoms with Gasteiger partial charge >= 0.3 is 0 Å². The molecule has 0 spiro atoms. The molecule has 3 aromatic heterocycles. The lowest BCUT2D eigenvalue weighted by molar-refractivity contribution is -0.0444. The van der Waals surface area contributed by atoms with Crippen molar-refractivity contribution in [1.29, 1.82) is 0 Å². The Bertz CT molecular complexity index is 1260. The van der Waals surface area contributed by atoms with E-state index < -0.39 is 0 Å². The summed E-state index contributed by atoms with van der Waals surface area (Å²) < 4.78 is 0. The average Bonchev–Trinajstić information content (AvgIpc) is 3.27. The van der Waals surface area contributed by atoms with Crippen LogP contribution in [-0.2, 0) is 0 Å². The highest BCUT2D eigenvalue weighted by Crippen LogP contribution is 2.60. The van der Waals surface area contributed by atoms with E-state index in [0.29, 0.717) is 5.41 Å². The fourth-order valence-corrected chi connectivity index (χ4v) is 8.25. The van der Waals surface area contributed by atoms with Gasteiger partial charge in [-0.25, -0.2) is 9.97 Å². The third-order valence-electron chi connectivity index (χ3n) is 8.23. The van der Waals surface area contributed by atoms with Crippen molar-refractivity contribution in [2.24, 2.45) is 23.2 Å². The summed E-state index contributed by atoms with van der Waals surface area (Å²) in [6.07, 6.45) is 12.3. The maximum Gasteiger partial charge on any atom is 0.164 e. The molecular weight excluding hydrogens is 424 g/mol. The molecule has 0 unspecified atom stereocenters. The molecule has 33 heavy (non-hydrogen) atoms. The molecule has 4 aromatic rings. The molecule has 4 aliphatic carbocycles. The van der Waals surface area contributed by atoms with E-state index in [2.05, 4.69) is 46.0 Å². The molecule has 0 amide bonds. The fourth-order valence-electron chi connectivity index (χ4n) is 7.30. The summed E-state index contributed by atoms with van der Waals surface area (Å²) >= 11 is 1.71. The molecular formula is C28H28N4S. The van der Waals surface area contributed by atoms with Crippen LogP contribution in [0.15, 0.2) is 60.2 Å². The van der Waals surface area contributed by atoms with Crippen molar-refractivity contribution in [3.05, 3.63) is 60.2 Å². The number of pyridine rings is 1. The van der Waals surface area contributed by atoms with E-state index in [1.165, 1.54) is 49.7 Å². The first-order valence-electron chi connectivity index (χ1n) is 12.2. The second-order valence-electron chi connectivity index (χ2n) is 10.6. The number of anilines is 1. The lowest BCUT2D eigenvalue weighted by Gasteiger charge is -2.57. The van der Waals surface area contributed by atoms with Gasteiger partial charge in [0, 0.05) is 35.4 Å². The Hall–Kier alpha value is -2.79. The lowest BCUT2D eigenvalue weighted by atomic mass is 9.49. The Morgan fingerprint density at radius 2 is 1.61 bits per heavy atom. The Balaban J connectivity index is 1.30. The number of fused-ring (bicyclic) bond motifs is 1. The maximum absolute atomic E-state index is 5.09. The Kier molecular flexibility index (Phi) is 4.54. The minimum absolute atomic E-state index is 0.448. The molecule has 4 saturated carbocycles. The third kappa shape index (κ3) is 3.45. The van der Waals surface area contributed by atoms with Gasteiger partial charge in [-0.15, -0.1) is 11.3 Å². The Morgan fingerprint density at radius 3 is 2.30 bits per heavy atom. The van der Waals surface area contributed by atoms with Gasteiger partial charge in [0.1, 0.15) is 10.6 Å². The van der Waals surface area contributed by atoms with Crippen molar-refractivity contribution in [3.63, 3.8) is 0 Å². The number of thiophene rings is 1. The van der Waals surface area contributed by atoms with Crippen molar-refractivity contribution in [2.75, 3.05) is 11.9 Å². The number of hydrogen-bond acceptors (Lipinski definition) is 5. The van der Waals surface area contributed by atoms with Gasteiger partial charge in [-0.05, 0) is 79.4 Å². The first-order valence-corrected chi connectivity index (χ1v) is 13.1. The zero-order valence-corrected chi connectivity index (χ0v) is 19.5. The SMILES string of the molecule is c1ccc(-c2csc3nc(-c4cccnc4)nc(NCC45CC6CC(CC(C6)C4)C5)c23)cc1. The molecule has 0 atom stereocenters. The van der Waals surface area contributed by atoms with Gasteiger partial charge in [0.05, 0.1) is 5.39 Å². The summed E-state index contributed by atoms with van der Waals surface area (Å²) in [5.41, 5.74) is 3.86. The number of benzene rings is 1. The van der Waals surface area contributed by atoms with Crippen LogP contribution >= 0.6 is 11.3 Å². The van der Waals surface area contributed by atoms with Crippen molar-refractivity contribution in [3.8, 4) is 22.5 Å². The molecule has 1 aromatic carbocycles. The van der Waals surface area contributed by atoms with Gasteiger partial charge in [0.2, 0.25) is 0 Å². The minimum Gasteiger partial charge on any atom is -0.369 e. The highest BCUT2D eigenvalue weighted by atomic mass is 32.1. The van der Waals surface area contributed by atoms with E-state index in [4.69, 9.17) is 9.97 Å². The Labute approximate surface area is 198 Å². The smallest absolute Gasteiger partial charge is 0.164 e. The van der Waals surface area contributed by atoms with Crippen LogP contribution in [0, 0.1) is 23.2 Å². The summed E-state index contributed by atoms with van der Waals surface area (Å²) in [6, 6.07) is 14.6.